The summed E-state index contributed by atoms with van der Waals surface area (Å²) in [5.74, 6) is -1.25. The molecule has 2 rings (SSSR count). The molecule has 27 heavy (non-hydrogen) atoms. The first-order chi connectivity index (χ1) is 12.3. The molecule has 2 aromatic rings. The van der Waals surface area contributed by atoms with Gasteiger partial charge in [0.1, 0.15) is 5.69 Å². The first-order valence-corrected chi connectivity index (χ1v) is 9.36. The van der Waals surface area contributed by atoms with Crippen molar-refractivity contribution in [3.63, 3.8) is 0 Å². The van der Waals surface area contributed by atoms with Crippen molar-refractivity contribution in [1.82, 2.24) is 14.8 Å². The van der Waals surface area contributed by atoms with Crippen LogP contribution in [0.15, 0.2) is 18.3 Å². The summed E-state index contributed by atoms with van der Waals surface area (Å²) in [4.78, 5) is 16.4. The van der Waals surface area contributed by atoms with E-state index in [1.165, 1.54) is 4.68 Å². The van der Waals surface area contributed by atoms with E-state index >= 15 is 0 Å². The van der Waals surface area contributed by atoms with Gasteiger partial charge in [-0.1, -0.05) is 0 Å². The van der Waals surface area contributed by atoms with Crippen LogP contribution >= 0.6 is 0 Å². The standard InChI is InChI=1S/C15H17F3N4O4S/c1-9-13(10(2)21(3)20-9)22(27(4,24)25)14(23)11-5-6-12(19-7-11)26-8-15(16,17)18/h5-7H,8H2,1-4H3. The summed E-state index contributed by atoms with van der Waals surface area (Å²) >= 11 is 0. The number of hydrogen-bond donors (Lipinski definition) is 0. The molecule has 0 bridgehead atoms. The minimum absolute atomic E-state index is 0.113. The molecule has 0 saturated heterocycles. The van der Waals surface area contributed by atoms with Crippen LogP contribution in [0.25, 0.3) is 0 Å². The van der Waals surface area contributed by atoms with E-state index < -0.39 is 28.7 Å². The SMILES string of the molecule is Cc1nn(C)c(C)c1N(C(=O)c1ccc(OCC(F)(F)F)nc1)S(C)(=O)=O. The summed E-state index contributed by atoms with van der Waals surface area (Å²) in [7, 11) is -2.41. The molecule has 0 atom stereocenters. The number of halogens is 3. The van der Waals surface area contributed by atoms with Gasteiger partial charge < -0.3 is 4.74 Å². The van der Waals surface area contributed by atoms with Crippen LogP contribution < -0.4 is 9.04 Å². The van der Waals surface area contributed by atoms with Crippen LogP contribution in [-0.2, 0) is 17.1 Å². The van der Waals surface area contributed by atoms with E-state index in [1.807, 2.05) is 0 Å². The van der Waals surface area contributed by atoms with E-state index in [2.05, 4.69) is 14.8 Å². The van der Waals surface area contributed by atoms with E-state index in [9.17, 15) is 26.4 Å². The Labute approximate surface area is 153 Å². The van der Waals surface area contributed by atoms with Gasteiger partial charge >= 0.3 is 6.18 Å². The van der Waals surface area contributed by atoms with E-state index in [1.54, 1.807) is 20.9 Å². The third-order valence-electron chi connectivity index (χ3n) is 3.56. The van der Waals surface area contributed by atoms with E-state index in [4.69, 9.17) is 0 Å². The molecule has 0 aliphatic rings. The molecule has 0 aliphatic carbocycles. The van der Waals surface area contributed by atoms with Gasteiger partial charge in [-0.3, -0.25) is 9.48 Å². The van der Waals surface area contributed by atoms with E-state index in [0.717, 1.165) is 24.6 Å². The molecular formula is C15H17F3N4O4S. The largest absolute Gasteiger partial charge is 0.468 e. The Bertz CT molecular complexity index is 953. The number of alkyl halides is 3. The Morgan fingerprint density at radius 3 is 2.33 bits per heavy atom. The van der Waals surface area contributed by atoms with Crippen molar-refractivity contribution in [3.05, 3.63) is 35.3 Å². The number of aromatic nitrogens is 3. The third-order valence-corrected chi connectivity index (χ3v) is 4.57. The molecule has 1 amide bonds. The Hall–Kier alpha value is -2.63. The van der Waals surface area contributed by atoms with Crippen molar-refractivity contribution < 1.29 is 31.1 Å². The molecule has 0 radical (unpaired) electrons. The average Bonchev–Trinajstić information content (AvgIpc) is 2.78. The van der Waals surface area contributed by atoms with Crippen LogP contribution in [0, 0.1) is 13.8 Å². The predicted octanol–water partition coefficient (Wildman–Crippen LogP) is 1.98. The lowest BCUT2D eigenvalue weighted by molar-refractivity contribution is -0.154. The summed E-state index contributed by atoms with van der Waals surface area (Å²) in [6, 6.07) is 2.20. The molecule has 0 aliphatic heterocycles. The number of pyridine rings is 1. The maximum Gasteiger partial charge on any atom is 0.422 e. The second-order valence-corrected chi connectivity index (χ2v) is 7.60. The molecule has 0 aromatic carbocycles. The Morgan fingerprint density at radius 1 is 1.30 bits per heavy atom. The van der Waals surface area contributed by atoms with Crippen molar-refractivity contribution in [2.75, 3.05) is 17.2 Å². The lowest BCUT2D eigenvalue weighted by Gasteiger charge is -2.20. The highest BCUT2D eigenvalue weighted by Gasteiger charge is 2.32. The lowest BCUT2D eigenvalue weighted by Crippen LogP contribution is -2.37. The van der Waals surface area contributed by atoms with Crippen molar-refractivity contribution in [2.45, 2.75) is 20.0 Å². The molecule has 0 saturated carbocycles. The second-order valence-electron chi connectivity index (χ2n) is 5.76. The fourth-order valence-corrected chi connectivity index (χ4v) is 3.34. The first kappa shape index (κ1) is 20.7. The van der Waals surface area contributed by atoms with Gasteiger partial charge in [0.25, 0.3) is 5.91 Å². The van der Waals surface area contributed by atoms with Crippen LogP contribution in [0.2, 0.25) is 0 Å². The zero-order valence-corrected chi connectivity index (χ0v) is 15.7. The number of carbonyl (C=O) groups is 1. The summed E-state index contributed by atoms with van der Waals surface area (Å²) in [5.41, 5.74) is 0.751. The molecule has 2 heterocycles. The van der Waals surface area contributed by atoms with Crippen molar-refractivity contribution in [1.29, 1.82) is 0 Å². The summed E-state index contributed by atoms with van der Waals surface area (Å²) < 4.78 is 67.5. The molecule has 0 fully saturated rings. The Balaban J connectivity index is 2.37. The number of aryl methyl sites for hydroxylation is 2. The van der Waals surface area contributed by atoms with Crippen LogP contribution in [0.3, 0.4) is 0 Å². The van der Waals surface area contributed by atoms with Crippen LogP contribution in [0.4, 0.5) is 18.9 Å². The Morgan fingerprint density at radius 2 is 1.93 bits per heavy atom. The molecule has 0 N–H and O–H groups in total. The van der Waals surface area contributed by atoms with Crippen LogP contribution in [0.5, 0.6) is 5.88 Å². The molecule has 0 unspecified atom stereocenters. The normalized spacial score (nSPS) is 12.1. The summed E-state index contributed by atoms with van der Waals surface area (Å²) in [6.07, 6.45) is -2.71. The number of hydrogen-bond acceptors (Lipinski definition) is 6. The van der Waals surface area contributed by atoms with Gasteiger partial charge in [0, 0.05) is 19.3 Å². The van der Waals surface area contributed by atoms with Crippen LogP contribution in [0.1, 0.15) is 21.7 Å². The predicted molar refractivity (Wildman–Crippen MR) is 90.1 cm³/mol. The quantitative estimate of drug-likeness (QED) is 0.754. The maximum atomic E-state index is 12.8. The fourth-order valence-electron chi connectivity index (χ4n) is 2.34. The highest BCUT2D eigenvalue weighted by atomic mass is 32.2. The van der Waals surface area contributed by atoms with E-state index in [-0.39, 0.29) is 17.1 Å². The zero-order chi connectivity index (χ0) is 20.6. The zero-order valence-electron chi connectivity index (χ0n) is 14.9. The molecule has 8 nitrogen and oxygen atoms in total. The number of amides is 1. The number of rotatable bonds is 5. The van der Waals surface area contributed by atoms with Gasteiger partial charge in [0.2, 0.25) is 15.9 Å². The molecule has 148 valence electrons. The van der Waals surface area contributed by atoms with Gasteiger partial charge in [0.05, 0.1) is 23.2 Å². The molecule has 0 spiro atoms. The summed E-state index contributed by atoms with van der Waals surface area (Å²) in [5, 5.41) is 4.10. The number of anilines is 1. The third kappa shape index (κ3) is 4.76. The number of ether oxygens (including phenoxy) is 1. The van der Waals surface area contributed by atoms with Crippen molar-refractivity contribution in [3.8, 4) is 5.88 Å². The number of nitrogens with zero attached hydrogens (tertiary/aromatic N) is 4. The fraction of sp³-hybridized carbons (Fsp3) is 0.400. The van der Waals surface area contributed by atoms with Gasteiger partial charge in [-0.25, -0.2) is 13.4 Å². The number of carbonyl (C=O) groups excluding carboxylic acids is 1. The first-order valence-electron chi connectivity index (χ1n) is 7.51. The van der Waals surface area contributed by atoms with Gasteiger partial charge in [-0.2, -0.15) is 22.6 Å². The second kappa shape index (κ2) is 7.18. The summed E-state index contributed by atoms with van der Waals surface area (Å²) in [6.45, 7) is 1.63. The highest BCUT2D eigenvalue weighted by molar-refractivity contribution is 7.92. The Kier molecular flexibility index (Phi) is 5.50. The van der Waals surface area contributed by atoms with E-state index in [0.29, 0.717) is 15.7 Å². The topological polar surface area (TPSA) is 94.4 Å². The minimum atomic E-state index is -4.53. The highest BCUT2D eigenvalue weighted by Crippen LogP contribution is 2.28. The van der Waals surface area contributed by atoms with Gasteiger partial charge in [0.15, 0.2) is 6.61 Å². The van der Waals surface area contributed by atoms with Crippen molar-refractivity contribution >= 4 is 21.6 Å². The van der Waals surface area contributed by atoms with Gasteiger partial charge in [-0.05, 0) is 19.9 Å². The monoisotopic (exact) mass is 406 g/mol. The van der Waals surface area contributed by atoms with Crippen molar-refractivity contribution in [2.24, 2.45) is 7.05 Å². The molecular weight excluding hydrogens is 389 g/mol. The lowest BCUT2D eigenvalue weighted by atomic mass is 10.2. The maximum absolute atomic E-state index is 12.8. The smallest absolute Gasteiger partial charge is 0.422 e. The van der Waals surface area contributed by atoms with Crippen LogP contribution in [-0.4, -0.2) is 48.1 Å². The molecule has 2 aromatic heterocycles. The van der Waals surface area contributed by atoms with Gasteiger partial charge in [-0.15, -0.1) is 0 Å². The molecule has 12 heteroatoms. The number of sulfonamides is 1. The average molecular weight is 406 g/mol. The minimum Gasteiger partial charge on any atom is -0.468 e.